The fourth-order valence-electron chi connectivity index (χ4n) is 1.07. The molecule has 0 atom stereocenters. The van der Waals surface area contributed by atoms with Crippen molar-refractivity contribution in [1.29, 1.82) is 0 Å². The van der Waals surface area contributed by atoms with Gasteiger partial charge in [0.15, 0.2) is 0 Å². The van der Waals surface area contributed by atoms with Gasteiger partial charge in [0.1, 0.15) is 0 Å². The zero-order valence-electron chi connectivity index (χ0n) is 8.46. The lowest BCUT2D eigenvalue weighted by Gasteiger charge is -2.09. The molecular weight excluding hydrogens is 216 g/mol. The van der Waals surface area contributed by atoms with E-state index in [1.54, 1.807) is 0 Å². The van der Waals surface area contributed by atoms with E-state index in [4.69, 9.17) is 0 Å². The average molecular weight is 228 g/mol. The highest BCUT2D eigenvalue weighted by atomic mass is 16.2. The molecule has 0 aromatic heterocycles. The molecule has 16 heavy (non-hydrogen) atoms. The van der Waals surface area contributed by atoms with Crippen molar-refractivity contribution < 1.29 is 19.2 Å². The smallest absolute Gasteiger partial charge is 0.240 e. The van der Waals surface area contributed by atoms with Crippen molar-refractivity contribution in [2.24, 2.45) is 0 Å². The lowest BCUT2D eigenvalue weighted by Crippen LogP contribution is -2.48. The number of hydrogen-bond acceptors (Lipinski definition) is 6. The maximum absolute atomic E-state index is 10.3. The van der Waals surface area contributed by atoms with Gasteiger partial charge in [0.2, 0.25) is 23.6 Å². The molecule has 0 aromatic carbocycles. The van der Waals surface area contributed by atoms with E-state index >= 15 is 0 Å². The predicted molar refractivity (Wildman–Crippen MR) is 52.0 cm³/mol. The highest BCUT2D eigenvalue weighted by Gasteiger charge is 2.12. The molecule has 2 aliphatic heterocycles. The number of piperazine rings is 2. The Morgan fingerprint density at radius 1 is 0.562 bits per heavy atom. The van der Waals surface area contributed by atoms with Crippen molar-refractivity contribution in [3.63, 3.8) is 0 Å². The van der Waals surface area contributed by atoms with Crippen LogP contribution in [-0.2, 0) is 19.2 Å². The Kier molecular flexibility index (Phi) is 4.55. The molecule has 0 bridgehead atoms. The second-order valence-electron chi connectivity index (χ2n) is 3.15. The van der Waals surface area contributed by atoms with Crippen LogP contribution in [0.3, 0.4) is 0 Å². The number of hydrogen-bond donors (Lipinski definition) is 4. The van der Waals surface area contributed by atoms with Gasteiger partial charge < -0.3 is 0 Å². The molecular formula is C8H12N4O4. The highest BCUT2D eigenvalue weighted by molar-refractivity contribution is 5.99. The molecule has 2 aliphatic rings. The van der Waals surface area contributed by atoms with Crippen LogP contribution in [0.5, 0.6) is 0 Å². The van der Waals surface area contributed by atoms with Crippen molar-refractivity contribution in [3.05, 3.63) is 0 Å². The van der Waals surface area contributed by atoms with Crippen LogP contribution >= 0.6 is 0 Å². The number of carbonyl (C=O) groups is 4. The van der Waals surface area contributed by atoms with E-state index in [0.29, 0.717) is 0 Å². The lowest BCUT2D eigenvalue weighted by molar-refractivity contribution is -0.133. The number of nitrogens with one attached hydrogen (secondary N) is 4. The minimum absolute atomic E-state index is 0.249. The van der Waals surface area contributed by atoms with Crippen LogP contribution in [0.4, 0.5) is 0 Å². The Hall–Kier alpha value is -1.80. The summed E-state index contributed by atoms with van der Waals surface area (Å²) in [6.07, 6.45) is 0. The van der Waals surface area contributed by atoms with E-state index in [-0.39, 0.29) is 49.8 Å². The van der Waals surface area contributed by atoms with Gasteiger partial charge in [-0.25, -0.2) is 0 Å². The summed E-state index contributed by atoms with van der Waals surface area (Å²) in [4.78, 5) is 41.1. The Bertz CT molecular complexity index is 268. The molecule has 4 N–H and O–H groups in total. The van der Waals surface area contributed by atoms with Crippen LogP contribution < -0.4 is 21.3 Å². The van der Waals surface area contributed by atoms with Crippen molar-refractivity contribution in [3.8, 4) is 0 Å². The molecule has 8 nitrogen and oxygen atoms in total. The Morgan fingerprint density at radius 3 is 0.938 bits per heavy atom. The third-order valence-corrected chi connectivity index (χ3v) is 1.70. The van der Waals surface area contributed by atoms with Gasteiger partial charge in [-0.05, 0) is 0 Å². The van der Waals surface area contributed by atoms with E-state index in [1.165, 1.54) is 0 Å². The predicted octanol–water partition coefficient (Wildman–Crippen LogP) is -3.54. The Balaban J connectivity index is 0.000000160. The van der Waals surface area contributed by atoms with Crippen molar-refractivity contribution in [2.45, 2.75) is 0 Å². The third kappa shape index (κ3) is 4.62. The summed E-state index contributed by atoms with van der Waals surface area (Å²) >= 11 is 0. The summed E-state index contributed by atoms with van der Waals surface area (Å²) in [5, 5.41) is 9.52. The summed E-state index contributed by atoms with van der Waals surface area (Å²) in [6.45, 7) is 1.02. The van der Waals surface area contributed by atoms with Gasteiger partial charge in [0.25, 0.3) is 0 Å². The lowest BCUT2D eigenvalue weighted by atomic mass is 10.4. The van der Waals surface area contributed by atoms with Crippen LogP contribution in [-0.4, -0.2) is 49.8 Å². The summed E-state index contributed by atoms with van der Waals surface area (Å²) in [7, 11) is 0. The molecule has 0 saturated carbocycles. The number of amides is 4. The topological polar surface area (TPSA) is 116 Å². The van der Waals surface area contributed by atoms with Gasteiger partial charge in [-0.1, -0.05) is 0 Å². The first-order valence-electron chi connectivity index (χ1n) is 4.64. The quantitative estimate of drug-likeness (QED) is 0.319. The highest BCUT2D eigenvalue weighted by Crippen LogP contribution is 1.73. The molecule has 2 saturated heterocycles. The maximum Gasteiger partial charge on any atom is 0.240 e. The van der Waals surface area contributed by atoms with Crippen LogP contribution in [0.2, 0.25) is 0 Å². The second-order valence-corrected chi connectivity index (χ2v) is 3.15. The van der Waals surface area contributed by atoms with Crippen molar-refractivity contribution >= 4 is 23.6 Å². The first-order chi connectivity index (χ1) is 7.58. The fraction of sp³-hybridized carbons (Fsp3) is 0.500. The minimum Gasteiger partial charge on any atom is -0.300 e. The summed E-state index contributed by atoms with van der Waals surface area (Å²) < 4.78 is 0. The Morgan fingerprint density at radius 2 is 0.812 bits per heavy atom. The molecule has 0 unspecified atom stereocenters. The molecule has 0 radical (unpaired) electrons. The van der Waals surface area contributed by atoms with Gasteiger partial charge >= 0.3 is 0 Å². The summed E-state index contributed by atoms with van der Waals surface area (Å²) in [5.74, 6) is -0.995. The van der Waals surface area contributed by atoms with E-state index in [2.05, 4.69) is 21.3 Å². The molecule has 2 fully saturated rings. The molecule has 0 aliphatic carbocycles. The summed E-state index contributed by atoms with van der Waals surface area (Å²) in [6, 6.07) is 0. The van der Waals surface area contributed by atoms with Gasteiger partial charge in [0, 0.05) is 0 Å². The number of rotatable bonds is 0. The van der Waals surface area contributed by atoms with E-state index in [9.17, 15) is 19.2 Å². The van der Waals surface area contributed by atoms with Crippen LogP contribution in [0.25, 0.3) is 0 Å². The second kappa shape index (κ2) is 5.93. The standard InChI is InChI=1S/2C4H6N2O2/c2*7-3-1-5-2-4(8)6-3/h2*5H,1-2H2,(H,6,7,8). The number of carbonyl (C=O) groups excluding carboxylic acids is 4. The largest absolute Gasteiger partial charge is 0.300 e. The molecule has 2 heterocycles. The van der Waals surface area contributed by atoms with Crippen molar-refractivity contribution in [2.75, 3.05) is 26.2 Å². The van der Waals surface area contributed by atoms with E-state index < -0.39 is 0 Å². The SMILES string of the molecule is O=C1CNCC(=O)N1.O=C1CNCC(=O)N1. The third-order valence-electron chi connectivity index (χ3n) is 1.70. The van der Waals surface area contributed by atoms with E-state index in [1.807, 2.05) is 0 Å². The van der Waals surface area contributed by atoms with Gasteiger partial charge in [-0.2, -0.15) is 0 Å². The normalized spacial score (nSPS) is 20.5. The van der Waals surface area contributed by atoms with Crippen LogP contribution in [0.15, 0.2) is 0 Å². The molecule has 4 amide bonds. The zero-order valence-corrected chi connectivity index (χ0v) is 8.46. The summed E-state index contributed by atoms with van der Waals surface area (Å²) in [5.41, 5.74) is 0. The molecule has 0 spiro atoms. The molecule has 2 rings (SSSR count). The first kappa shape index (κ1) is 12.3. The van der Waals surface area contributed by atoms with Crippen LogP contribution in [0, 0.1) is 0 Å². The number of imide groups is 2. The molecule has 8 heteroatoms. The van der Waals surface area contributed by atoms with Gasteiger partial charge in [0.05, 0.1) is 26.2 Å². The fourth-order valence-corrected chi connectivity index (χ4v) is 1.07. The van der Waals surface area contributed by atoms with Gasteiger partial charge in [-0.3, -0.25) is 40.4 Å². The monoisotopic (exact) mass is 228 g/mol. The van der Waals surface area contributed by atoms with Crippen LogP contribution in [0.1, 0.15) is 0 Å². The minimum atomic E-state index is -0.249. The van der Waals surface area contributed by atoms with E-state index in [0.717, 1.165) is 0 Å². The maximum atomic E-state index is 10.3. The Labute approximate surface area is 91.1 Å². The van der Waals surface area contributed by atoms with Crippen molar-refractivity contribution in [1.82, 2.24) is 21.3 Å². The van der Waals surface area contributed by atoms with Gasteiger partial charge in [-0.15, -0.1) is 0 Å². The molecule has 0 aromatic rings. The zero-order chi connectivity index (χ0) is 12.0. The average Bonchev–Trinajstić information content (AvgIpc) is 2.17. The first-order valence-corrected chi connectivity index (χ1v) is 4.64. The molecule has 88 valence electrons.